The van der Waals surface area contributed by atoms with Crippen molar-refractivity contribution in [3.63, 3.8) is 0 Å². The van der Waals surface area contributed by atoms with Gasteiger partial charge < -0.3 is 9.47 Å². The van der Waals surface area contributed by atoms with Crippen LogP contribution in [0.15, 0.2) is 11.0 Å². The van der Waals surface area contributed by atoms with Gasteiger partial charge in [-0.15, -0.1) is 11.8 Å². The largest absolute Gasteiger partial charge is 0.443 e. The molecule has 1 aliphatic heterocycles. The highest BCUT2D eigenvalue weighted by molar-refractivity contribution is 7.99. The fourth-order valence-electron chi connectivity index (χ4n) is 3.06. The van der Waals surface area contributed by atoms with Crippen molar-refractivity contribution in [3.05, 3.63) is 11.8 Å². The first-order valence-corrected chi connectivity index (χ1v) is 13.0. The van der Waals surface area contributed by atoms with Gasteiger partial charge >= 0.3 is 12.2 Å². The number of carbonyl (C=O) groups is 2. The molecule has 0 aromatic carbocycles. The Kier molecular flexibility index (Phi) is 6.70. The monoisotopic (exact) mass is 500 g/mol. The van der Waals surface area contributed by atoms with Gasteiger partial charge in [0, 0.05) is 17.1 Å². The fourth-order valence-corrected chi connectivity index (χ4v) is 4.88. The summed E-state index contributed by atoms with van der Waals surface area (Å²) >= 11 is 1.32. The molecule has 33 heavy (non-hydrogen) atoms. The summed E-state index contributed by atoms with van der Waals surface area (Å²) < 4.78 is 39.2. The van der Waals surface area contributed by atoms with E-state index in [1.807, 2.05) is 0 Å². The lowest BCUT2D eigenvalue weighted by Gasteiger charge is -2.28. The average molecular weight is 501 g/mol. The van der Waals surface area contributed by atoms with Gasteiger partial charge in [-0.25, -0.2) is 14.6 Å². The predicted octanol–water partition coefficient (Wildman–Crippen LogP) is 3.63. The second-order valence-electron chi connectivity index (χ2n) is 9.61. The zero-order valence-electron chi connectivity index (χ0n) is 19.6. The molecular weight excluding hydrogens is 472 g/mol. The minimum absolute atomic E-state index is 0.00817. The number of aromatic amines is 1. The van der Waals surface area contributed by atoms with E-state index in [-0.39, 0.29) is 12.2 Å². The van der Waals surface area contributed by atoms with Crippen LogP contribution in [0.2, 0.25) is 0 Å². The van der Waals surface area contributed by atoms with Crippen LogP contribution in [0.4, 0.5) is 15.4 Å². The van der Waals surface area contributed by atoms with Crippen LogP contribution in [0.1, 0.15) is 47.2 Å². The molecular formula is C20H28N4O7S2. The van der Waals surface area contributed by atoms with Crippen LogP contribution in [0.25, 0.3) is 11.0 Å². The highest BCUT2D eigenvalue weighted by atomic mass is 32.2. The molecule has 13 heteroatoms. The number of ether oxygens (including phenoxy) is 2. The Bertz CT molecular complexity index is 1150. The maximum Gasteiger partial charge on any atom is 0.425 e. The number of hydrogen-bond acceptors (Lipinski definition) is 10. The Morgan fingerprint density at radius 1 is 1.12 bits per heavy atom. The van der Waals surface area contributed by atoms with Gasteiger partial charge in [-0.05, 0) is 47.6 Å². The van der Waals surface area contributed by atoms with E-state index in [0.29, 0.717) is 27.4 Å². The van der Waals surface area contributed by atoms with E-state index in [9.17, 15) is 18.0 Å². The number of imide groups is 1. The first-order valence-electron chi connectivity index (χ1n) is 10.2. The zero-order valence-corrected chi connectivity index (χ0v) is 21.2. The molecule has 0 spiro atoms. The number of thioether (sulfide) groups is 1. The Morgan fingerprint density at radius 3 is 2.21 bits per heavy atom. The topological polar surface area (TPSA) is 141 Å². The highest BCUT2D eigenvalue weighted by Gasteiger charge is 2.35. The molecule has 2 aromatic rings. The molecule has 0 radical (unpaired) electrons. The number of aromatic nitrogens is 3. The summed E-state index contributed by atoms with van der Waals surface area (Å²) in [6, 6.07) is 1.56. The summed E-state index contributed by atoms with van der Waals surface area (Å²) in [4.78, 5) is 31.7. The summed E-state index contributed by atoms with van der Waals surface area (Å²) in [6.45, 7) is 10.1. The number of carbonyl (C=O) groups excluding carboxylic acids is 2. The highest BCUT2D eigenvalue weighted by Crippen LogP contribution is 2.37. The number of pyridine rings is 1. The Labute approximate surface area is 196 Å². The van der Waals surface area contributed by atoms with Crippen molar-refractivity contribution in [2.24, 2.45) is 0 Å². The van der Waals surface area contributed by atoms with Crippen LogP contribution in [0, 0.1) is 0 Å². The third kappa shape index (κ3) is 6.58. The summed E-state index contributed by atoms with van der Waals surface area (Å²) in [5, 5.41) is 7.72. The minimum atomic E-state index is -3.66. The molecule has 1 atom stereocenters. The van der Waals surface area contributed by atoms with Gasteiger partial charge in [-0.1, -0.05) is 0 Å². The summed E-state index contributed by atoms with van der Waals surface area (Å²) in [5.41, 5.74) is -0.806. The van der Waals surface area contributed by atoms with Gasteiger partial charge in [-0.2, -0.15) is 18.4 Å². The van der Waals surface area contributed by atoms with Crippen molar-refractivity contribution in [3.8, 4) is 0 Å². The van der Waals surface area contributed by atoms with E-state index < -0.39 is 39.6 Å². The molecule has 0 saturated carbocycles. The van der Waals surface area contributed by atoms with Crippen LogP contribution in [-0.2, 0) is 30.2 Å². The van der Waals surface area contributed by atoms with Crippen molar-refractivity contribution in [2.75, 3.05) is 16.9 Å². The molecule has 0 bridgehead atoms. The molecule has 1 N–H and O–H groups in total. The van der Waals surface area contributed by atoms with Gasteiger partial charge in [0.05, 0.1) is 23.4 Å². The van der Waals surface area contributed by atoms with E-state index in [1.165, 1.54) is 11.8 Å². The number of nitrogens with one attached hydrogen (secondary N) is 1. The van der Waals surface area contributed by atoms with Crippen molar-refractivity contribution in [1.82, 2.24) is 15.2 Å². The lowest BCUT2D eigenvalue weighted by Crippen LogP contribution is -2.44. The molecule has 0 fully saturated rings. The van der Waals surface area contributed by atoms with Crippen LogP contribution in [-0.4, -0.2) is 65.1 Å². The third-order valence-electron chi connectivity index (χ3n) is 4.09. The van der Waals surface area contributed by atoms with Crippen LogP contribution in [0.3, 0.4) is 0 Å². The number of rotatable bonds is 3. The predicted molar refractivity (Wildman–Crippen MR) is 123 cm³/mol. The van der Waals surface area contributed by atoms with Gasteiger partial charge in [0.2, 0.25) is 0 Å². The van der Waals surface area contributed by atoms with Crippen LogP contribution >= 0.6 is 11.8 Å². The number of amides is 2. The summed E-state index contributed by atoms with van der Waals surface area (Å²) in [5.74, 6) is 0.312. The second kappa shape index (κ2) is 8.76. The Morgan fingerprint density at radius 2 is 1.70 bits per heavy atom. The van der Waals surface area contributed by atoms with Crippen molar-refractivity contribution in [1.29, 1.82) is 0 Å². The number of anilines is 1. The van der Waals surface area contributed by atoms with Crippen LogP contribution in [0.5, 0.6) is 0 Å². The van der Waals surface area contributed by atoms with Gasteiger partial charge in [-0.3, -0.25) is 9.28 Å². The lowest BCUT2D eigenvalue weighted by molar-refractivity contribution is 0.0429. The summed E-state index contributed by atoms with van der Waals surface area (Å²) in [6.07, 6.45) is -1.25. The van der Waals surface area contributed by atoms with E-state index in [4.69, 9.17) is 13.7 Å². The zero-order chi connectivity index (χ0) is 24.8. The molecule has 3 rings (SSSR count). The van der Waals surface area contributed by atoms with E-state index in [1.54, 1.807) is 47.6 Å². The van der Waals surface area contributed by atoms with Crippen molar-refractivity contribution >= 4 is 50.9 Å². The van der Waals surface area contributed by atoms with E-state index in [0.717, 1.165) is 11.2 Å². The van der Waals surface area contributed by atoms with Crippen molar-refractivity contribution in [2.45, 2.75) is 70.2 Å². The fraction of sp³-hybridized carbons (Fsp3) is 0.600. The molecule has 2 aromatic heterocycles. The first kappa shape index (κ1) is 25.2. The third-order valence-corrected chi connectivity index (χ3v) is 5.89. The second-order valence-corrected chi connectivity index (χ2v) is 12.3. The average Bonchev–Trinajstić information content (AvgIpc) is 2.89. The molecule has 0 saturated heterocycles. The SMILES string of the molecule is CC(C)(C)OC(=O)N(C(=O)OC(C)(C)C)c1cc2c3c(n[nH]c3n1)CC(OS(C)(=O)=O)CS2. The number of hydrogen-bond donors (Lipinski definition) is 1. The molecule has 11 nitrogen and oxygen atoms in total. The first-order chi connectivity index (χ1) is 15.0. The normalized spacial score (nSPS) is 16.9. The van der Waals surface area contributed by atoms with Gasteiger partial charge in [0.1, 0.15) is 11.2 Å². The van der Waals surface area contributed by atoms with E-state index >= 15 is 0 Å². The van der Waals surface area contributed by atoms with Gasteiger partial charge in [0.15, 0.2) is 11.5 Å². The molecule has 3 heterocycles. The van der Waals surface area contributed by atoms with Gasteiger partial charge in [0.25, 0.3) is 10.1 Å². The van der Waals surface area contributed by atoms with Crippen LogP contribution < -0.4 is 4.90 Å². The van der Waals surface area contributed by atoms with Crippen molar-refractivity contribution < 1.29 is 31.7 Å². The standard InChI is InChI=1S/C20H28N4O7S2/c1-19(2,3)29-17(25)24(18(26)30-20(4,5)6)14-9-13-15-12(22-23-16(15)21-14)8-11(10-32-13)31-33(7,27)28/h9,11H,8,10H2,1-7H3,(H,21,22,23). The summed E-state index contributed by atoms with van der Waals surface area (Å²) in [7, 11) is -3.66. The maximum atomic E-state index is 13.0. The molecule has 1 aliphatic rings. The number of H-pyrrole nitrogens is 1. The number of nitrogens with zero attached hydrogens (tertiary/aromatic N) is 3. The Balaban J connectivity index is 2.04. The molecule has 2 amide bonds. The molecule has 0 aliphatic carbocycles. The Hall–Kier alpha value is -2.38. The molecule has 182 valence electrons. The minimum Gasteiger partial charge on any atom is -0.443 e. The lowest BCUT2D eigenvalue weighted by atomic mass is 10.1. The maximum absolute atomic E-state index is 13.0. The van der Waals surface area contributed by atoms with E-state index in [2.05, 4.69) is 15.2 Å². The molecule has 1 unspecified atom stereocenters. The smallest absolute Gasteiger partial charge is 0.425 e. The quantitative estimate of drug-likeness (QED) is 0.621.